The van der Waals surface area contributed by atoms with Gasteiger partial charge in [-0.25, -0.2) is 0 Å². The molecule has 0 radical (unpaired) electrons. The minimum atomic E-state index is -0.539. The van der Waals surface area contributed by atoms with Gasteiger partial charge in [0.15, 0.2) is 11.5 Å². The van der Waals surface area contributed by atoms with Crippen LogP contribution < -0.4 is 14.4 Å². The number of rotatable bonds is 2. The number of carbonyl (C=O) groups excluding carboxylic acids is 2. The zero-order chi connectivity index (χ0) is 16.0. The summed E-state index contributed by atoms with van der Waals surface area (Å²) in [5, 5.41) is 9.78. The lowest BCUT2D eigenvalue weighted by Gasteiger charge is -2.33. The second kappa shape index (κ2) is 5.50. The summed E-state index contributed by atoms with van der Waals surface area (Å²) in [6.07, 6.45) is 1.28. The van der Waals surface area contributed by atoms with Gasteiger partial charge >= 0.3 is 5.91 Å². The van der Waals surface area contributed by atoms with Crippen molar-refractivity contribution in [2.45, 2.75) is 18.9 Å². The average molecular weight is 318 g/mol. The van der Waals surface area contributed by atoms with Crippen LogP contribution in [0.25, 0.3) is 0 Å². The number of aliphatic hydroxyl groups excluding tert-OH is 1. The molecule has 0 aromatic heterocycles. The Balaban J connectivity index is 1.64. The molecule has 1 atom stereocenters. The maximum absolute atomic E-state index is 12.3. The zero-order valence-corrected chi connectivity index (χ0v) is 12.7. The number of β-amino-alcohol motifs (C(OH)–C–C–N with tert-alkyl or cyclic N) is 1. The fourth-order valence-corrected chi connectivity index (χ4v) is 3.33. The van der Waals surface area contributed by atoms with Gasteiger partial charge < -0.3 is 14.6 Å². The number of ketones is 1. The Hall–Kier alpha value is -2.12. The van der Waals surface area contributed by atoms with Crippen LogP contribution in [-0.2, 0) is 4.79 Å². The topological polar surface area (TPSA) is 79.3 Å². The van der Waals surface area contributed by atoms with Gasteiger partial charge in [-0.05, 0) is 18.9 Å². The smallest absolute Gasteiger partial charge is 0.300 e. The van der Waals surface area contributed by atoms with Crippen LogP contribution in [0.2, 0.25) is 0 Å². The van der Waals surface area contributed by atoms with Gasteiger partial charge in [-0.1, -0.05) is 0 Å². The van der Waals surface area contributed by atoms with E-state index >= 15 is 0 Å². The number of benzene rings is 1. The summed E-state index contributed by atoms with van der Waals surface area (Å²) in [6.45, 7) is 2.50. The Bertz CT molecular complexity index is 675. The number of amides is 1. The van der Waals surface area contributed by atoms with Crippen LogP contribution in [0.15, 0.2) is 12.1 Å². The quantitative estimate of drug-likeness (QED) is 0.795. The van der Waals surface area contributed by atoms with Gasteiger partial charge in [0.1, 0.15) is 13.2 Å². The van der Waals surface area contributed by atoms with Crippen molar-refractivity contribution in [2.75, 3.05) is 37.9 Å². The molecule has 0 unspecified atom stereocenters. The molecule has 23 heavy (non-hydrogen) atoms. The largest absolute Gasteiger partial charge is 0.486 e. The summed E-state index contributed by atoms with van der Waals surface area (Å²) in [5.41, 5.74) is 0.918. The number of likely N-dealkylation sites (tertiary alicyclic amines) is 1. The van der Waals surface area contributed by atoms with Crippen LogP contribution in [0, 0.1) is 0 Å². The summed E-state index contributed by atoms with van der Waals surface area (Å²) >= 11 is 0. The second-order valence-corrected chi connectivity index (χ2v) is 6.09. The average Bonchev–Trinajstić information content (AvgIpc) is 2.78. The van der Waals surface area contributed by atoms with Crippen LogP contribution in [0.4, 0.5) is 5.69 Å². The first kappa shape index (κ1) is 14.5. The highest BCUT2D eigenvalue weighted by Crippen LogP contribution is 2.40. The molecule has 0 aliphatic carbocycles. The predicted molar refractivity (Wildman–Crippen MR) is 80.9 cm³/mol. The van der Waals surface area contributed by atoms with Gasteiger partial charge in [0.2, 0.25) is 0 Å². The van der Waals surface area contributed by atoms with Crippen molar-refractivity contribution >= 4 is 17.4 Å². The van der Waals surface area contributed by atoms with Gasteiger partial charge in [0, 0.05) is 19.2 Å². The summed E-state index contributed by atoms with van der Waals surface area (Å²) in [6, 6.07) is 3.29. The second-order valence-electron chi connectivity index (χ2n) is 6.09. The molecule has 1 saturated heterocycles. The molecule has 3 aliphatic rings. The van der Waals surface area contributed by atoms with Crippen molar-refractivity contribution in [3.63, 3.8) is 0 Å². The number of nitrogens with zero attached hydrogens (tertiary/aromatic N) is 2. The van der Waals surface area contributed by atoms with Gasteiger partial charge in [-0.15, -0.1) is 0 Å². The van der Waals surface area contributed by atoms with E-state index < -0.39 is 11.7 Å². The molecule has 7 heteroatoms. The van der Waals surface area contributed by atoms with Gasteiger partial charge in [-0.3, -0.25) is 19.4 Å². The molecule has 1 fully saturated rings. The third kappa shape index (κ3) is 2.46. The van der Waals surface area contributed by atoms with Gasteiger partial charge in [0.25, 0.3) is 5.78 Å². The maximum atomic E-state index is 12.3. The van der Waals surface area contributed by atoms with Crippen LogP contribution >= 0.6 is 0 Å². The van der Waals surface area contributed by atoms with Crippen LogP contribution in [0.3, 0.4) is 0 Å². The number of ether oxygens (including phenoxy) is 2. The highest BCUT2D eigenvalue weighted by Gasteiger charge is 2.38. The van der Waals surface area contributed by atoms with E-state index in [1.807, 2.05) is 4.90 Å². The van der Waals surface area contributed by atoms with Crippen molar-refractivity contribution < 1.29 is 24.2 Å². The normalized spacial score (nSPS) is 24.0. The summed E-state index contributed by atoms with van der Waals surface area (Å²) in [4.78, 5) is 28.0. The maximum Gasteiger partial charge on any atom is 0.300 e. The Kier molecular flexibility index (Phi) is 3.46. The number of hydrogen-bond donors (Lipinski definition) is 1. The fraction of sp³-hybridized carbons (Fsp3) is 0.500. The van der Waals surface area contributed by atoms with Gasteiger partial charge in [-0.2, -0.15) is 0 Å². The number of carbonyl (C=O) groups is 2. The number of piperidine rings is 1. The predicted octanol–water partition coefficient (Wildman–Crippen LogP) is 0.401. The first-order valence-corrected chi connectivity index (χ1v) is 7.84. The molecular weight excluding hydrogens is 300 g/mol. The van der Waals surface area contributed by atoms with Crippen molar-refractivity contribution in [2.24, 2.45) is 0 Å². The van der Waals surface area contributed by atoms with Crippen LogP contribution in [-0.4, -0.2) is 60.8 Å². The van der Waals surface area contributed by atoms with Gasteiger partial charge in [0.05, 0.1) is 24.0 Å². The molecule has 7 nitrogen and oxygen atoms in total. The molecule has 1 aromatic rings. The Morgan fingerprint density at radius 1 is 1.17 bits per heavy atom. The zero-order valence-electron chi connectivity index (χ0n) is 12.7. The van der Waals surface area contributed by atoms with E-state index in [0.717, 1.165) is 19.4 Å². The molecule has 4 rings (SSSR count). The SMILES string of the molecule is O=C1C(=O)N(CN2CCC[C@H](O)C2)c2cc3c(cc21)OCCO3. The third-order valence-electron chi connectivity index (χ3n) is 4.46. The van der Waals surface area contributed by atoms with Crippen molar-refractivity contribution in [1.82, 2.24) is 4.90 Å². The standard InChI is InChI=1S/C16H18N2O5/c19-10-2-1-3-17(8-10)9-18-12-7-14-13(22-4-5-23-14)6-11(12)15(20)16(18)21/h6-7,10,19H,1-5,8-9H2/t10-/m0/s1. The molecule has 122 valence electrons. The lowest BCUT2D eigenvalue weighted by molar-refractivity contribution is -0.114. The van der Waals surface area contributed by atoms with E-state index in [1.165, 1.54) is 4.90 Å². The van der Waals surface area contributed by atoms with E-state index in [2.05, 4.69) is 0 Å². The minimum Gasteiger partial charge on any atom is -0.486 e. The monoisotopic (exact) mass is 318 g/mol. The lowest BCUT2D eigenvalue weighted by Crippen LogP contribution is -2.46. The number of Topliss-reactive ketones (excluding diaryl/α,β-unsaturated/α-hetero) is 1. The molecule has 1 aromatic carbocycles. The number of fused-ring (bicyclic) bond motifs is 2. The van der Waals surface area contributed by atoms with Crippen LogP contribution in [0.5, 0.6) is 11.5 Å². The number of hydrogen-bond acceptors (Lipinski definition) is 6. The number of aliphatic hydroxyl groups is 1. The molecule has 0 bridgehead atoms. The first-order chi connectivity index (χ1) is 11.1. The van der Waals surface area contributed by atoms with Crippen molar-refractivity contribution in [3.8, 4) is 11.5 Å². The minimum absolute atomic E-state index is 0.300. The van der Waals surface area contributed by atoms with Crippen molar-refractivity contribution in [3.05, 3.63) is 17.7 Å². The van der Waals surface area contributed by atoms with E-state index in [9.17, 15) is 14.7 Å². The molecule has 0 saturated carbocycles. The first-order valence-electron chi connectivity index (χ1n) is 7.84. The molecule has 3 aliphatic heterocycles. The summed E-state index contributed by atoms with van der Waals surface area (Å²) < 4.78 is 11.0. The van der Waals surface area contributed by atoms with E-state index in [-0.39, 0.29) is 6.10 Å². The van der Waals surface area contributed by atoms with E-state index in [1.54, 1.807) is 12.1 Å². The highest BCUT2D eigenvalue weighted by atomic mass is 16.6. The van der Waals surface area contributed by atoms with E-state index in [4.69, 9.17) is 9.47 Å². The summed E-state index contributed by atoms with van der Waals surface area (Å²) in [7, 11) is 0. The Labute approximate surface area is 133 Å². The molecule has 1 amide bonds. The Morgan fingerprint density at radius 2 is 1.91 bits per heavy atom. The molecule has 0 spiro atoms. The van der Waals surface area contributed by atoms with E-state index in [0.29, 0.717) is 49.2 Å². The number of anilines is 1. The fourth-order valence-electron chi connectivity index (χ4n) is 3.33. The molecular formula is C16H18N2O5. The third-order valence-corrected chi connectivity index (χ3v) is 4.46. The molecule has 3 heterocycles. The summed E-state index contributed by atoms with van der Waals surface area (Å²) in [5.74, 6) is 0.00418. The Morgan fingerprint density at radius 3 is 2.65 bits per heavy atom. The van der Waals surface area contributed by atoms with Crippen LogP contribution in [0.1, 0.15) is 23.2 Å². The molecule has 1 N–H and O–H groups in total. The highest BCUT2D eigenvalue weighted by molar-refractivity contribution is 6.52. The van der Waals surface area contributed by atoms with Crippen molar-refractivity contribution in [1.29, 1.82) is 0 Å². The lowest BCUT2D eigenvalue weighted by atomic mass is 10.1.